The lowest BCUT2D eigenvalue weighted by molar-refractivity contribution is -0.150. The summed E-state index contributed by atoms with van der Waals surface area (Å²) in [5, 5.41) is 0. The number of ether oxygens (including phenoxy) is 1. The van der Waals surface area contributed by atoms with Crippen LogP contribution in [0.5, 0.6) is 0 Å². The van der Waals surface area contributed by atoms with Gasteiger partial charge >= 0.3 is 0 Å². The van der Waals surface area contributed by atoms with Crippen molar-refractivity contribution < 1.29 is 14.1 Å². The van der Waals surface area contributed by atoms with Crippen LogP contribution in [0.15, 0.2) is 22.7 Å². The minimum Gasteiger partial charge on any atom is -0.598 e. The highest BCUT2D eigenvalue weighted by atomic mass is 79.9. The predicted molar refractivity (Wildman–Crippen MR) is 139 cm³/mol. The molecule has 0 saturated heterocycles. The Morgan fingerprint density at radius 3 is 2.42 bits per heavy atom. The number of hydrogen-bond acceptors (Lipinski definition) is 4. The average molecular weight is 542 g/mol. The lowest BCUT2D eigenvalue weighted by Gasteiger charge is -2.53. The zero-order valence-corrected chi connectivity index (χ0v) is 23.5. The van der Waals surface area contributed by atoms with Crippen molar-refractivity contribution in [3.63, 3.8) is 0 Å². The molecule has 1 aromatic rings. The van der Waals surface area contributed by atoms with Gasteiger partial charge in [-0.15, -0.1) is 4.72 Å². The Bertz CT molecular complexity index is 822. The lowest BCUT2D eigenvalue weighted by atomic mass is 9.56. The third kappa shape index (κ3) is 4.77. The predicted octanol–water partition coefficient (Wildman–Crippen LogP) is 5.19. The smallest absolute Gasteiger partial charge is 0.252 e. The maximum absolute atomic E-state index is 14.5. The molecule has 1 aromatic carbocycles. The van der Waals surface area contributed by atoms with Gasteiger partial charge in [-0.3, -0.25) is 4.79 Å². The number of unbranched alkanes of at least 4 members (excludes halogenated alkanes) is 1. The molecule has 186 valence electrons. The summed E-state index contributed by atoms with van der Waals surface area (Å²) in [6.07, 6.45) is 4.53. The molecule has 0 radical (unpaired) electrons. The number of fused-ring (bicyclic) bond motifs is 1. The number of rotatable bonds is 9. The molecular formula is C26H41BrN2O3S. The molecule has 6 atom stereocenters. The summed E-state index contributed by atoms with van der Waals surface area (Å²) in [6, 6.07) is 6.30. The molecule has 0 aliphatic heterocycles. The van der Waals surface area contributed by atoms with Crippen LogP contribution in [-0.2, 0) is 32.9 Å². The second-order valence-electron chi connectivity index (χ2n) is 10.1. The average Bonchev–Trinajstić information content (AvgIpc) is 3.01. The van der Waals surface area contributed by atoms with E-state index in [4.69, 9.17) is 4.74 Å². The van der Waals surface area contributed by atoms with E-state index in [9.17, 15) is 9.35 Å². The standard InChI is InChI=1S/C26H41BrN2O3S/c1-7-10-13-33(31)28-26(24(30)29(8-2)9-3)22-14-21(27)12-11-20(22)17-25(26)15-18(4)23(32-6)19(5)16-25/h11-12,14,18-19,23,28H,7-10,13,15-17H2,1-6H3/t18-,19+,23+,25+,26-,33+/m1/s1. The zero-order chi connectivity index (χ0) is 24.4. The molecule has 1 N–H and O–H groups in total. The number of hydrogen-bond donors (Lipinski definition) is 1. The van der Waals surface area contributed by atoms with Gasteiger partial charge in [0.15, 0.2) is 5.54 Å². The Labute approximate surface area is 211 Å². The zero-order valence-electron chi connectivity index (χ0n) is 21.1. The van der Waals surface area contributed by atoms with Gasteiger partial charge in [0, 0.05) is 41.4 Å². The van der Waals surface area contributed by atoms with Crippen molar-refractivity contribution in [3.8, 4) is 0 Å². The summed E-state index contributed by atoms with van der Waals surface area (Å²) < 4.78 is 23.8. The molecule has 0 unspecified atom stereocenters. The van der Waals surface area contributed by atoms with Crippen LogP contribution < -0.4 is 4.72 Å². The van der Waals surface area contributed by atoms with Crippen LogP contribution >= 0.6 is 15.9 Å². The van der Waals surface area contributed by atoms with Crippen LogP contribution in [0.3, 0.4) is 0 Å². The van der Waals surface area contributed by atoms with Crippen LogP contribution in [-0.4, -0.2) is 47.4 Å². The van der Waals surface area contributed by atoms with Gasteiger partial charge in [0.25, 0.3) is 5.91 Å². The summed E-state index contributed by atoms with van der Waals surface area (Å²) in [7, 11) is 1.79. The molecule has 0 heterocycles. The monoisotopic (exact) mass is 540 g/mol. The molecular weight excluding hydrogens is 500 g/mol. The highest BCUT2D eigenvalue weighted by Gasteiger charge is 2.67. The van der Waals surface area contributed by atoms with Crippen molar-refractivity contribution in [3.05, 3.63) is 33.8 Å². The van der Waals surface area contributed by atoms with Gasteiger partial charge < -0.3 is 14.2 Å². The van der Waals surface area contributed by atoms with E-state index >= 15 is 0 Å². The van der Waals surface area contributed by atoms with Crippen molar-refractivity contribution in [2.75, 3.05) is 26.0 Å². The molecule has 0 bridgehead atoms. The summed E-state index contributed by atoms with van der Waals surface area (Å²) in [6.45, 7) is 11.9. The molecule has 2 aliphatic carbocycles. The summed E-state index contributed by atoms with van der Waals surface area (Å²) in [5.41, 5.74) is 0.812. The number of benzene rings is 1. The Balaban J connectivity index is 2.23. The van der Waals surface area contributed by atoms with Gasteiger partial charge in [0.05, 0.1) is 6.10 Å². The molecule has 1 amide bonds. The molecule has 1 spiro atoms. The van der Waals surface area contributed by atoms with Crippen LogP contribution in [0.25, 0.3) is 0 Å². The van der Waals surface area contributed by atoms with Crippen LogP contribution in [0.2, 0.25) is 0 Å². The molecule has 0 aromatic heterocycles. The molecule has 7 heteroatoms. The molecule has 1 saturated carbocycles. The fourth-order valence-electron chi connectivity index (χ4n) is 6.65. The van der Waals surface area contributed by atoms with Crippen LogP contribution in [0.4, 0.5) is 0 Å². The van der Waals surface area contributed by atoms with Crippen molar-refractivity contribution in [1.29, 1.82) is 0 Å². The number of carbonyl (C=O) groups excluding carboxylic acids is 1. The Morgan fingerprint density at radius 2 is 1.88 bits per heavy atom. The van der Waals surface area contributed by atoms with Crippen molar-refractivity contribution in [2.24, 2.45) is 17.3 Å². The summed E-state index contributed by atoms with van der Waals surface area (Å²) in [5.74, 6) is 1.21. The highest BCUT2D eigenvalue weighted by molar-refractivity contribution is 9.10. The van der Waals surface area contributed by atoms with E-state index in [0.29, 0.717) is 30.7 Å². The molecule has 2 aliphatic rings. The second kappa shape index (κ2) is 11.0. The minimum atomic E-state index is -1.31. The number of halogens is 1. The topological polar surface area (TPSA) is 64.6 Å². The van der Waals surface area contributed by atoms with Crippen LogP contribution in [0.1, 0.15) is 71.4 Å². The van der Waals surface area contributed by atoms with Crippen molar-refractivity contribution in [1.82, 2.24) is 9.62 Å². The Kier molecular flexibility index (Phi) is 8.99. The van der Waals surface area contributed by atoms with E-state index in [1.54, 1.807) is 7.11 Å². The van der Waals surface area contributed by atoms with E-state index in [0.717, 1.165) is 42.1 Å². The maximum atomic E-state index is 14.5. The first-order chi connectivity index (χ1) is 15.7. The SMILES string of the molecule is CCCC[S@+]([O-])N[C@@]1(C(=O)N(CC)CC)c2cc(Br)ccc2C[C@@]12C[C@@H](C)[C@H](OC)[C@@H](C)C2. The third-order valence-electron chi connectivity index (χ3n) is 7.94. The Morgan fingerprint density at radius 1 is 1.24 bits per heavy atom. The van der Waals surface area contributed by atoms with E-state index in [2.05, 4.69) is 59.6 Å². The number of amides is 1. The van der Waals surface area contributed by atoms with E-state index in [-0.39, 0.29) is 17.4 Å². The van der Waals surface area contributed by atoms with E-state index < -0.39 is 16.9 Å². The van der Waals surface area contributed by atoms with Crippen molar-refractivity contribution >= 4 is 33.2 Å². The van der Waals surface area contributed by atoms with Crippen LogP contribution in [0, 0.1) is 17.3 Å². The van der Waals surface area contributed by atoms with Gasteiger partial charge in [-0.2, -0.15) is 0 Å². The van der Waals surface area contributed by atoms with E-state index in [1.807, 2.05) is 18.7 Å². The first-order valence-electron chi connectivity index (χ1n) is 12.5. The first kappa shape index (κ1) is 27.0. The fraction of sp³-hybridized carbons (Fsp3) is 0.731. The van der Waals surface area contributed by atoms with Gasteiger partial charge in [0.1, 0.15) is 5.75 Å². The first-order valence-corrected chi connectivity index (χ1v) is 14.6. The Hall–Kier alpha value is -0.600. The van der Waals surface area contributed by atoms with E-state index in [1.165, 1.54) is 5.56 Å². The van der Waals surface area contributed by atoms with Gasteiger partial charge in [-0.25, -0.2) is 0 Å². The normalized spacial score (nSPS) is 32.1. The second-order valence-corrected chi connectivity index (χ2v) is 12.3. The van der Waals surface area contributed by atoms with Gasteiger partial charge in [-0.1, -0.05) is 49.2 Å². The third-order valence-corrected chi connectivity index (χ3v) is 9.63. The number of carbonyl (C=O) groups is 1. The minimum absolute atomic E-state index is 0.0597. The lowest BCUT2D eigenvalue weighted by Crippen LogP contribution is -2.66. The van der Waals surface area contributed by atoms with Crippen molar-refractivity contribution in [2.45, 2.75) is 78.4 Å². The van der Waals surface area contributed by atoms with Gasteiger partial charge in [0.2, 0.25) is 0 Å². The molecule has 5 nitrogen and oxygen atoms in total. The highest BCUT2D eigenvalue weighted by Crippen LogP contribution is 2.61. The molecule has 33 heavy (non-hydrogen) atoms. The maximum Gasteiger partial charge on any atom is 0.252 e. The summed E-state index contributed by atoms with van der Waals surface area (Å²) in [4.78, 5) is 16.4. The quantitative estimate of drug-likeness (QED) is 0.437. The number of nitrogens with zero attached hydrogens (tertiary/aromatic N) is 1. The fourth-order valence-corrected chi connectivity index (χ4v) is 8.42. The molecule has 1 fully saturated rings. The molecule has 3 rings (SSSR count). The largest absolute Gasteiger partial charge is 0.598 e. The number of nitrogens with one attached hydrogen (secondary N) is 1. The number of methoxy groups -OCH3 is 1. The summed E-state index contributed by atoms with van der Waals surface area (Å²) >= 11 is 2.34. The number of likely N-dealkylation sites (N-methyl/N-ethyl adjacent to an activating group) is 1. The van der Waals surface area contributed by atoms with Gasteiger partial charge in [-0.05, 0) is 74.6 Å².